The van der Waals surface area contributed by atoms with Crippen molar-refractivity contribution in [2.75, 3.05) is 14.1 Å². The van der Waals surface area contributed by atoms with Crippen molar-refractivity contribution in [1.29, 1.82) is 0 Å². The highest BCUT2D eigenvalue weighted by molar-refractivity contribution is 5.90. The van der Waals surface area contributed by atoms with E-state index in [-0.39, 0.29) is 0 Å². The number of fused-ring (bicyclic) bond motifs is 1. The minimum absolute atomic E-state index is 0.305. The summed E-state index contributed by atoms with van der Waals surface area (Å²) < 4.78 is 0. The molecule has 0 aliphatic carbocycles. The van der Waals surface area contributed by atoms with E-state index in [1.54, 1.807) is 0 Å². The van der Waals surface area contributed by atoms with E-state index >= 15 is 0 Å². The van der Waals surface area contributed by atoms with Crippen LogP contribution in [0.25, 0.3) is 16.8 Å². The van der Waals surface area contributed by atoms with Gasteiger partial charge in [-0.25, -0.2) is 0 Å². The van der Waals surface area contributed by atoms with E-state index in [4.69, 9.17) is 0 Å². The number of benzene rings is 2. The Morgan fingerprint density at radius 1 is 0.895 bits per heavy atom. The van der Waals surface area contributed by atoms with Crippen LogP contribution in [-0.2, 0) is 0 Å². The third kappa shape index (κ3) is 2.22. The molecule has 2 aromatic carbocycles. The van der Waals surface area contributed by atoms with Crippen molar-refractivity contribution in [2.45, 2.75) is 6.17 Å². The summed E-state index contributed by atoms with van der Waals surface area (Å²) in [6.07, 6.45) is 8.95. The van der Waals surface area contributed by atoms with Crippen LogP contribution >= 0.6 is 0 Å². The average molecular weight is 250 g/mol. The maximum atomic E-state index is 2.24. The molecule has 0 saturated carbocycles. The summed E-state index contributed by atoms with van der Waals surface area (Å²) in [7, 11) is 4.19. The molecule has 19 heavy (non-hydrogen) atoms. The molecule has 0 bridgehead atoms. The molecule has 0 fully saturated rings. The van der Waals surface area contributed by atoms with Crippen LogP contribution in [0.1, 0.15) is 5.56 Å². The molecule has 0 aromatic heterocycles. The van der Waals surface area contributed by atoms with Gasteiger partial charge >= 0.3 is 0 Å². The number of nitrogens with zero attached hydrogens (tertiary/aromatic N) is 2. The molecule has 3 rings (SSSR count). The topological polar surface area (TPSA) is 6.48 Å². The van der Waals surface area contributed by atoms with Crippen molar-refractivity contribution in [3.63, 3.8) is 0 Å². The van der Waals surface area contributed by atoms with Gasteiger partial charge in [0.2, 0.25) is 0 Å². The van der Waals surface area contributed by atoms with Crippen molar-refractivity contribution in [1.82, 2.24) is 9.80 Å². The van der Waals surface area contributed by atoms with Gasteiger partial charge in [0, 0.05) is 26.5 Å². The van der Waals surface area contributed by atoms with Crippen LogP contribution in [0.4, 0.5) is 0 Å². The molecule has 0 atom stereocenters. The fourth-order valence-electron chi connectivity index (χ4n) is 2.53. The highest BCUT2D eigenvalue weighted by atomic mass is 15.4. The average Bonchev–Trinajstić information content (AvgIpc) is 2.76. The van der Waals surface area contributed by atoms with E-state index in [2.05, 4.69) is 90.9 Å². The molecular formula is C17H18N2. The third-order valence-corrected chi connectivity index (χ3v) is 3.64. The zero-order valence-electron chi connectivity index (χ0n) is 11.3. The van der Waals surface area contributed by atoms with Crippen molar-refractivity contribution in [3.8, 4) is 0 Å². The van der Waals surface area contributed by atoms with Crippen LogP contribution in [0.3, 0.4) is 0 Å². The summed E-state index contributed by atoms with van der Waals surface area (Å²) in [6, 6.07) is 14.9. The highest BCUT2D eigenvalue weighted by Crippen LogP contribution is 2.21. The van der Waals surface area contributed by atoms with E-state index in [1.807, 2.05) is 0 Å². The van der Waals surface area contributed by atoms with E-state index < -0.39 is 0 Å². The van der Waals surface area contributed by atoms with Crippen LogP contribution in [-0.4, -0.2) is 30.1 Å². The largest absolute Gasteiger partial charge is 0.356 e. The summed E-state index contributed by atoms with van der Waals surface area (Å²) in [6.45, 7) is 0. The lowest BCUT2D eigenvalue weighted by Crippen LogP contribution is -2.31. The molecule has 0 N–H and O–H groups in total. The second-order valence-corrected chi connectivity index (χ2v) is 4.97. The molecule has 2 nitrogen and oxygen atoms in total. The standard InChI is InChI=1S/C17H18N2/c1-18-12-13-19(2)17(18)11-10-15-8-5-7-14-6-3-4-9-16(14)15/h3-13,17H,1-2H3. The van der Waals surface area contributed by atoms with Gasteiger partial charge in [0.25, 0.3) is 0 Å². The number of hydrogen-bond acceptors (Lipinski definition) is 2. The lowest BCUT2D eigenvalue weighted by Gasteiger charge is -2.24. The van der Waals surface area contributed by atoms with E-state index in [1.165, 1.54) is 16.3 Å². The molecule has 2 aromatic rings. The smallest absolute Gasteiger partial charge is 0.120 e. The van der Waals surface area contributed by atoms with Gasteiger partial charge in [-0.3, -0.25) is 0 Å². The molecule has 1 aliphatic rings. The summed E-state index contributed by atoms with van der Waals surface area (Å²) in [5.74, 6) is 0. The summed E-state index contributed by atoms with van der Waals surface area (Å²) in [5.41, 5.74) is 1.27. The number of hydrogen-bond donors (Lipinski definition) is 0. The van der Waals surface area contributed by atoms with E-state index in [0.29, 0.717) is 6.17 Å². The predicted molar refractivity (Wildman–Crippen MR) is 81.4 cm³/mol. The molecule has 0 radical (unpaired) electrons. The SMILES string of the molecule is CN1C=CN(C)C1C=Cc1cccc2ccccc12. The van der Waals surface area contributed by atoms with Gasteiger partial charge in [0.05, 0.1) is 0 Å². The maximum Gasteiger partial charge on any atom is 0.120 e. The second kappa shape index (κ2) is 4.81. The molecule has 1 heterocycles. The van der Waals surface area contributed by atoms with Crippen molar-refractivity contribution in [3.05, 3.63) is 66.5 Å². The van der Waals surface area contributed by atoms with Crippen LogP contribution < -0.4 is 0 Å². The van der Waals surface area contributed by atoms with Gasteiger partial charge in [-0.05, 0) is 22.4 Å². The Labute approximate surface area is 114 Å². The second-order valence-electron chi connectivity index (χ2n) is 4.97. The monoisotopic (exact) mass is 250 g/mol. The van der Waals surface area contributed by atoms with E-state index in [0.717, 1.165) is 0 Å². The Kier molecular flexibility index (Phi) is 3.00. The zero-order valence-corrected chi connectivity index (χ0v) is 11.3. The molecule has 1 aliphatic heterocycles. The van der Waals surface area contributed by atoms with Crippen LogP contribution in [0.15, 0.2) is 60.9 Å². The van der Waals surface area contributed by atoms with Gasteiger partial charge in [-0.15, -0.1) is 0 Å². The summed E-state index contributed by atoms with van der Waals surface area (Å²) in [4.78, 5) is 4.39. The molecule has 0 amide bonds. The normalized spacial score (nSPS) is 16.1. The maximum absolute atomic E-state index is 2.24. The van der Waals surface area contributed by atoms with Crippen LogP contribution in [0.5, 0.6) is 0 Å². The molecular weight excluding hydrogens is 232 g/mol. The first kappa shape index (κ1) is 11.8. The number of rotatable bonds is 2. The van der Waals surface area contributed by atoms with Crippen molar-refractivity contribution < 1.29 is 0 Å². The Bertz CT molecular complexity index is 625. The molecule has 2 heteroatoms. The minimum Gasteiger partial charge on any atom is -0.356 e. The molecule has 0 spiro atoms. The van der Waals surface area contributed by atoms with Crippen molar-refractivity contribution in [2.24, 2.45) is 0 Å². The number of likely N-dealkylation sites (N-methyl/N-ethyl adjacent to an activating group) is 2. The Balaban J connectivity index is 1.93. The minimum atomic E-state index is 0.305. The Hall–Kier alpha value is -2.22. The van der Waals surface area contributed by atoms with Crippen molar-refractivity contribution >= 4 is 16.8 Å². The lowest BCUT2D eigenvalue weighted by molar-refractivity contribution is 0.258. The zero-order chi connectivity index (χ0) is 13.2. The first-order chi connectivity index (χ1) is 9.25. The van der Waals surface area contributed by atoms with Gasteiger partial charge in [-0.2, -0.15) is 0 Å². The molecule has 0 unspecified atom stereocenters. The Morgan fingerprint density at radius 2 is 1.58 bits per heavy atom. The lowest BCUT2D eigenvalue weighted by atomic mass is 10.0. The van der Waals surface area contributed by atoms with Crippen LogP contribution in [0.2, 0.25) is 0 Å². The summed E-state index contributed by atoms with van der Waals surface area (Å²) >= 11 is 0. The van der Waals surface area contributed by atoms with E-state index in [9.17, 15) is 0 Å². The van der Waals surface area contributed by atoms with Gasteiger partial charge < -0.3 is 9.80 Å². The van der Waals surface area contributed by atoms with Gasteiger partial charge in [-0.1, -0.05) is 48.5 Å². The quantitative estimate of drug-likeness (QED) is 0.804. The molecule has 0 saturated heterocycles. The fraction of sp³-hybridized carbons (Fsp3) is 0.176. The third-order valence-electron chi connectivity index (χ3n) is 3.64. The fourth-order valence-corrected chi connectivity index (χ4v) is 2.53. The van der Waals surface area contributed by atoms with Gasteiger partial charge in [0.1, 0.15) is 6.17 Å². The molecule has 96 valence electrons. The summed E-state index contributed by atoms with van der Waals surface area (Å²) in [5, 5.41) is 2.59. The predicted octanol–water partition coefficient (Wildman–Crippen LogP) is 3.53. The van der Waals surface area contributed by atoms with Crippen LogP contribution in [0, 0.1) is 0 Å². The van der Waals surface area contributed by atoms with Gasteiger partial charge in [0.15, 0.2) is 0 Å². The first-order valence-corrected chi connectivity index (χ1v) is 6.54. The Morgan fingerprint density at radius 3 is 2.37 bits per heavy atom. The first-order valence-electron chi connectivity index (χ1n) is 6.54. The highest BCUT2D eigenvalue weighted by Gasteiger charge is 2.16.